The first-order valence-electron chi connectivity index (χ1n) is 6.12. The number of furan rings is 1. The summed E-state index contributed by atoms with van der Waals surface area (Å²) in [5.41, 5.74) is 0.331. The quantitative estimate of drug-likeness (QED) is 0.750. The smallest absolute Gasteiger partial charge is 0.313 e. The molecule has 2 amide bonds. The summed E-state index contributed by atoms with van der Waals surface area (Å²) in [6, 6.07) is 8.97. The van der Waals surface area contributed by atoms with Gasteiger partial charge in [0.2, 0.25) is 0 Å². The molecule has 0 spiro atoms. The fraction of sp³-hybridized carbons (Fsp3) is 0.143. The van der Waals surface area contributed by atoms with Crippen LogP contribution in [0.3, 0.4) is 0 Å². The second kappa shape index (κ2) is 6.92. The van der Waals surface area contributed by atoms with E-state index in [9.17, 15) is 14.7 Å². The molecule has 0 radical (unpaired) electrons. The van der Waals surface area contributed by atoms with E-state index < -0.39 is 24.5 Å². The van der Waals surface area contributed by atoms with Gasteiger partial charge in [0.1, 0.15) is 11.8 Å². The fourth-order valence-corrected chi connectivity index (χ4v) is 1.84. The maximum Gasteiger partial charge on any atom is 0.313 e. The molecular weight excluding hydrogens is 296 g/mol. The highest BCUT2D eigenvalue weighted by molar-refractivity contribution is 6.41. The van der Waals surface area contributed by atoms with Crippen LogP contribution in [0.2, 0.25) is 5.02 Å². The molecule has 1 heterocycles. The van der Waals surface area contributed by atoms with Crippen LogP contribution in [0.5, 0.6) is 0 Å². The Labute approximate surface area is 125 Å². The van der Waals surface area contributed by atoms with Gasteiger partial charge in [-0.15, -0.1) is 0 Å². The number of carbonyl (C=O) groups is 2. The van der Waals surface area contributed by atoms with E-state index in [1.165, 1.54) is 6.26 Å². The third-order valence-electron chi connectivity index (χ3n) is 2.70. The van der Waals surface area contributed by atoms with E-state index in [4.69, 9.17) is 16.0 Å². The van der Waals surface area contributed by atoms with Crippen LogP contribution in [0.1, 0.15) is 11.8 Å². The number of benzene rings is 1. The highest BCUT2D eigenvalue weighted by Crippen LogP contribution is 2.20. The molecule has 21 heavy (non-hydrogen) atoms. The van der Waals surface area contributed by atoms with Gasteiger partial charge in [-0.25, -0.2) is 0 Å². The van der Waals surface area contributed by atoms with Crippen LogP contribution in [0.15, 0.2) is 47.1 Å². The van der Waals surface area contributed by atoms with Crippen LogP contribution in [-0.4, -0.2) is 23.5 Å². The minimum atomic E-state index is -0.898. The Bertz CT molecular complexity index is 628. The number of aliphatic hydroxyl groups excluding tert-OH is 1. The summed E-state index contributed by atoms with van der Waals surface area (Å²) in [6.45, 7) is -0.390. The lowest BCUT2D eigenvalue weighted by atomic mass is 10.2. The van der Waals surface area contributed by atoms with Crippen LogP contribution >= 0.6 is 11.6 Å². The average molecular weight is 309 g/mol. The van der Waals surface area contributed by atoms with Crippen molar-refractivity contribution in [3.05, 3.63) is 53.4 Å². The monoisotopic (exact) mass is 308 g/mol. The average Bonchev–Trinajstić information content (AvgIpc) is 3.00. The van der Waals surface area contributed by atoms with Gasteiger partial charge in [-0.1, -0.05) is 23.7 Å². The Morgan fingerprint density at radius 1 is 1.19 bits per heavy atom. The van der Waals surface area contributed by atoms with Crippen molar-refractivity contribution in [1.82, 2.24) is 5.32 Å². The van der Waals surface area contributed by atoms with Gasteiger partial charge in [0.15, 0.2) is 0 Å². The van der Waals surface area contributed by atoms with Crippen molar-refractivity contribution in [3.63, 3.8) is 0 Å². The molecule has 0 saturated heterocycles. The molecular formula is C14H13ClN2O4. The summed E-state index contributed by atoms with van der Waals surface area (Å²) in [4.78, 5) is 23.6. The minimum Gasteiger partial charge on any atom is -0.467 e. The van der Waals surface area contributed by atoms with E-state index in [1.54, 1.807) is 36.4 Å². The van der Waals surface area contributed by atoms with Crippen molar-refractivity contribution in [2.75, 3.05) is 11.9 Å². The van der Waals surface area contributed by atoms with Crippen LogP contribution in [0, 0.1) is 0 Å². The number of halogens is 1. The topological polar surface area (TPSA) is 91.6 Å². The molecule has 0 aliphatic carbocycles. The third kappa shape index (κ3) is 3.84. The molecule has 0 saturated carbocycles. The molecule has 6 nitrogen and oxygen atoms in total. The first-order valence-corrected chi connectivity index (χ1v) is 6.50. The van der Waals surface area contributed by atoms with Gasteiger partial charge < -0.3 is 20.2 Å². The Morgan fingerprint density at radius 2 is 1.95 bits per heavy atom. The maximum absolute atomic E-state index is 11.8. The van der Waals surface area contributed by atoms with Gasteiger partial charge in [0.25, 0.3) is 0 Å². The third-order valence-corrected chi connectivity index (χ3v) is 3.03. The van der Waals surface area contributed by atoms with E-state index in [-0.39, 0.29) is 0 Å². The Kier molecular flexibility index (Phi) is 4.97. The van der Waals surface area contributed by atoms with Crippen molar-refractivity contribution in [3.8, 4) is 0 Å². The normalized spacial score (nSPS) is 11.7. The van der Waals surface area contributed by atoms with Gasteiger partial charge in [0, 0.05) is 0 Å². The number of anilines is 1. The first-order chi connectivity index (χ1) is 10.1. The predicted molar refractivity (Wildman–Crippen MR) is 76.8 cm³/mol. The standard InChI is InChI=1S/C14H13ClN2O4/c15-9-4-1-2-5-10(9)16-13(19)14(20)17-11(8-18)12-6-3-7-21-12/h1-7,11,18H,8H2,(H,16,19)(H,17,20). The van der Waals surface area contributed by atoms with E-state index in [1.807, 2.05) is 0 Å². The van der Waals surface area contributed by atoms with Crippen molar-refractivity contribution in [2.45, 2.75) is 6.04 Å². The number of nitrogens with one attached hydrogen (secondary N) is 2. The van der Waals surface area contributed by atoms with Gasteiger partial charge >= 0.3 is 11.8 Å². The molecule has 110 valence electrons. The molecule has 2 aromatic rings. The molecule has 1 unspecified atom stereocenters. The van der Waals surface area contributed by atoms with Crippen molar-refractivity contribution in [2.24, 2.45) is 0 Å². The van der Waals surface area contributed by atoms with Gasteiger partial charge in [-0.3, -0.25) is 9.59 Å². The number of rotatable bonds is 4. The van der Waals surface area contributed by atoms with Gasteiger partial charge in [0.05, 0.1) is 23.6 Å². The summed E-state index contributed by atoms with van der Waals surface area (Å²) in [5, 5.41) is 14.3. The summed E-state index contributed by atoms with van der Waals surface area (Å²) >= 11 is 5.89. The zero-order valence-corrected chi connectivity index (χ0v) is 11.6. The molecule has 1 aromatic heterocycles. The molecule has 0 aliphatic rings. The largest absolute Gasteiger partial charge is 0.467 e. The van der Waals surface area contributed by atoms with Gasteiger partial charge in [-0.05, 0) is 24.3 Å². The molecule has 7 heteroatoms. The van der Waals surface area contributed by atoms with Crippen LogP contribution in [0.25, 0.3) is 0 Å². The molecule has 0 fully saturated rings. The Balaban J connectivity index is 2.00. The predicted octanol–water partition coefficient (Wildman–Crippen LogP) is 1.72. The number of para-hydroxylation sites is 1. The van der Waals surface area contributed by atoms with Gasteiger partial charge in [-0.2, -0.15) is 0 Å². The first kappa shape index (κ1) is 15.1. The number of amides is 2. The van der Waals surface area contributed by atoms with Crippen molar-refractivity contribution >= 4 is 29.1 Å². The molecule has 2 rings (SSSR count). The lowest BCUT2D eigenvalue weighted by Crippen LogP contribution is -2.39. The lowest BCUT2D eigenvalue weighted by molar-refractivity contribution is -0.136. The number of carbonyl (C=O) groups excluding carboxylic acids is 2. The molecule has 1 atom stereocenters. The lowest BCUT2D eigenvalue weighted by Gasteiger charge is -2.13. The zero-order chi connectivity index (χ0) is 15.2. The van der Waals surface area contributed by atoms with E-state index in [0.717, 1.165) is 0 Å². The number of hydrogen-bond donors (Lipinski definition) is 3. The van der Waals surface area contributed by atoms with E-state index in [0.29, 0.717) is 16.5 Å². The molecule has 0 aliphatic heterocycles. The van der Waals surface area contributed by atoms with Crippen LogP contribution < -0.4 is 10.6 Å². The Hall–Kier alpha value is -2.31. The second-order valence-electron chi connectivity index (χ2n) is 4.16. The van der Waals surface area contributed by atoms with E-state index >= 15 is 0 Å². The molecule has 1 aromatic carbocycles. The zero-order valence-electron chi connectivity index (χ0n) is 10.9. The highest BCUT2D eigenvalue weighted by atomic mass is 35.5. The maximum atomic E-state index is 11.8. The summed E-state index contributed by atoms with van der Waals surface area (Å²) in [5.74, 6) is -1.42. The van der Waals surface area contributed by atoms with Crippen LogP contribution in [-0.2, 0) is 9.59 Å². The van der Waals surface area contributed by atoms with E-state index in [2.05, 4.69) is 10.6 Å². The van der Waals surface area contributed by atoms with Crippen molar-refractivity contribution < 1.29 is 19.1 Å². The van der Waals surface area contributed by atoms with Crippen molar-refractivity contribution in [1.29, 1.82) is 0 Å². The Morgan fingerprint density at radius 3 is 2.57 bits per heavy atom. The SMILES string of the molecule is O=C(Nc1ccccc1Cl)C(=O)NC(CO)c1ccco1. The summed E-state index contributed by atoms with van der Waals surface area (Å²) in [6.07, 6.45) is 1.41. The summed E-state index contributed by atoms with van der Waals surface area (Å²) in [7, 11) is 0. The summed E-state index contributed by atoms with van der Waals surface area (Å²) < 4.78 is 5.08. The number of aliphatic hydroxyl groups is 1. The van der Waals surface area contributed by atoms with Crippen LogP contribution in [0.4, 0.5) is 5.69 Å². The second-order valence-corrected chi connectivity index (χ2v) is 4.57. The molecule has 0 bridgehead atoms. The minimum absolute atomic E-state index is 0.323. The molecule has 3 N–H and O–H groups in total. The fourth-order valence-electron chi connectivity index (χ4n) is 1.66. The highest BCUT2D eigenvalue weighted by Gasteiger charge is 2.21. The number of hydrogen-bond acceptors (Lipinski definition) is 4.